The molecule has 0 unspecified atom stereocenters. The molecular weight excluding hydrogens is 428 g/mol. The highest BCUT2D eigenvalue weighted by Gasteiger charge is 2.31. The summed E-state index contributed by atoms with van der Waals surface area (Å²) in [6, 6.07) is 7.55. The van der Waals surface area contributed by atoms with Crippen LogP contribution in [0.15, 0.2) is 36.7 Å². The van der Waals surface area contributed by atoms with Crippen molar-refractivity contribution in [2.45, 2.75) is 58.6 Å². The quantitative estimate of drug-likeness (QED) is 0.400. The van der Waals surface area contributed by atoms with Crippen molar-refractivity contribution < 1.29 is 9.53 Å². The Labute approximate surface area is 190 Å². The number of imidazole rings is 1. The third-order valence-electron chi connectivity index (χ3n) is 5.42. The summed E-state index contributed by atoms with van der Waals surface area (Å²) in [6.07, 6.45) is 5.48. The van der Waals surface area contributed by atoms with Crippen molar-refractivity contribution in [3.63, 3.8) is 0 Å². The Bertz CT molecular complexity index is 1330. The summed E-state index contributed by atoms with van der Waals surface area (Å²) in [6.45, 7) is 7.73. The lowest BCUT2D eigenvalue weighted by atomic mass is 10.2. The third kappa shape index (κ3) is 3.90. The number of carbonyl (C=O) groups is 1. The minimum Gasteiger partial charge on any atom is -0.443 e. The van der Waals surface area contributed by atoms with Crippen LogP contribution in [-0.4, -0.2) is 35.7 Å². The number of hydrogen-bond acceptors (Lipinski definition) is 5. The van der Waals surface area contributed by atoms with Gasteiger partial charge >= 0.3 is 6.09 Å². The van der Waals surface area contributed by atoms with Gasteiger partial charge in [0.25, 0.3) is 0 Å². The van der Waals surface area contributed by atoms with Crippen LogP contribution < -0.4 is 4.90 Å². The van der Waals surface area contributed by atoms with E-state index in [2.05, 4.69) is 10.1 Å². The second-order valence-corrected chi connectivity index (χ2v) is 9.63. The lowest BCUT2D eigenvalue weighted by molar-refractivity contribution is 0.0575. The maximum atomic E-state index is 13.3. The summed E-state index contributed by atoms with van der Waals surface area (Å²) in [5.41, 5.74) is 3.67. The maximum Gasteiger partial charge on any atom is 0.416 e. The van der Waals surface area contributed by atoms with Crippen LogP contribution >= 0.6 is 11.6 Å². The van der Waals surface area contributed by atoms with Crippen LogP contribution in [0.5, 0.6) is 0 Å². The van der Waals surface area contributed by atoms with E-state index in [1.54, 1.807) is 10.6 Å². The number of aryl methyl sites for hydroxylation is 1. The van der Waals surface area contributed by atoms with Gasteiger partial charge < -0.3 is 9.14 Å². The number of carbonyl (C=O) groups excluding carboxylic acids is 1. The summed E-state index contributed by atoms with van der Waals surface area (Å²) in [4.78, 5) is 24.0. The van der Waals surface area contributed by atoms with Crippen molar-refractivity contribution in [1.82, 2.24) is 24.0 Å². The first-order valence-electron chi connectivity index (χ1n) is 10.7. The fourth-order valence-corrected chi connectivity index (χ4v) is 3.98. The van der Waals surface area contributed by atoms with Gasteiger partial charge in [-0.05, 0) is 58.6 Å². The van der Waals surface area contributed by atoms with Crippen LogP contribution in [0.3, 0.4) is 0 Å². The van der Waals surface area contributed by atoms with Crippen LogP contribution in [0, 0.1) is 6.92 Å². The van der Waals surface area contributed by atoms with E-state index in [0.29, 0.717) is 22.5 Å². The van der Waals surface area contributed by atoms with Gasteiger partial charge in [-0.1, -0.05) is 17.7 Å². The van der Waals surface area contributed by atoms with Gasteiger partial charge in [0.1, 0.15) is 22.2 Å². The Morgan fingerprint density at radius 2 is 2.06 bits per heavy atom. The SMILES string of the molecule is Cc1cccc2nc(CN(C(=O)OC(C)(C)C)c3cc(Cl)nc4c(C5CC5)cnn34)cn12. The number of halogens is 1. The first-order chi connectivity index (χ1) is 15.2. The number of amides is 1. The highest BCUT2D eigenvalue weighted by molar-refractivity contribution is 6.29. The molecule has 1 aliphatic rings. The smallest absolute Gasteiger partial charge is 0.416 e. The van der Waals surface area contributed by atoms with E-state index in [-0.39, 0.29) is 6.54 Å². The molecule has 0 N–H and O–H groups in total. The number of aromatic nitrogens is 5. The van der Waals surface area contributed by atoms with E-state index in [4.69, 9.17) is 21.3 Å². The molecule has 5 rings (SSSR count). The zero-order valence-corrected chi connectivity index (χ0v) is 19.3. The van der Waals surface area contributed by atoms with Gasteiger partial charge in [0.05, 0.1) is 18.4 Å². The van der Waals surface area contributed by atoms with Crippen molar-refractivity contribution in [3.8, 4) is 0 Å². The number of pyridine rings is 1. The van der Waals surface area contributed by atoms with E-state index >= 15 is 0 Å². The second kappa shape index (κ2) is 7.48. The van der Waals surface area contributed by atoms with Crippen molar-refractivity contribution in [3.05, 3.63) is 58.8 Å². The monoisotopic (exact) mass is 452 g/mol. The predicted octanol–water partition coefficient (Wildman–Crippen LogP) is 5.16. The number of ether oxygens (including phenoxy) is 1. The summed E-state index contributed by atoms with van der Waals surface area (Å²) < 4.78 is 9.40. The second-order valence-electron chi connectivity index (χ2n) is 9.24. The zero-order valence-electron chi connectivity index (χ0n) is 18.5. The standard InChI is InChI=1S/C23H25ClN6O2/c1-14-6-5-7-19-26-16(12-28(14)19)13-29(22(31)32-23(2,3)4)20-10-18(24)27-21-17(15-8-9-15)11-25-30(20)21/h5-7,10-12,15H,8-9,13H2,1-4H3. The van der Waals surface area contributed by atoms with Gasteiger partial charge in [-0.3, -0.25) is 4.90 Å². The van der Waals surface area contributed by atoms with E-state index in [0.717, 1.165) is 35.4 Å². The fraction of sp³-hybridized carbons (Fsp3) is 0.391. The van der Waals surface area contributed by atoms with Gasteiger partial charge in [0.2, 0.25) is 0 Å². The molecule has 1 aliphatic carbocycles. The number of fused-ring (bicyclic) bond motifs is 2. The van der Waals surface area contributed by atoms with Crippen molar-refractivity contribution in [2.75, 3.05) is 4.90 Å². The van der Waals surface area contributed by atoms with Crippen LogP contribution in [0.1, 0.15) is 56.5 Å². The van der Waals surface area contributed by atoms with Gasteiger partial charge in [0, 0.05) is 23.5 Å². The van der Waals surface area contributed by atoms with E-state index < -0.39 is 11.7 Å². The molecule has 4 aromatic rings. The Morgan fingerprint density at radius 1 is 1.28 bits per heavy atom. The van der Waals surface area contributed by atoms with Gasteiger partial charge in [-0.15, -0.1) is 0 Å². The number of rotatable bonds is 4. The Hall–Kier alpha value is -3.13. The van der Waals surface area contributed by atoms with Crippen molar-refractivity contribution in [1.29, 1.82) is 0 Å². The molecule has 0 aliphatic heterocycles. The first kappa shape index (κ1) is 20.8. The average molecular weight is 453 g/mol. The normalized spacial score (nSPS) is 14.3. The molecular formula is C23H25ClN6O2. The Morgan fingerprint density at radius 3 is 2.75 bits per heavy atom. The van der Waals surface area contributed by atoms with Crippen LogP contribution in [0.4, 0.5) is 10.6 Å². The topological polar surface area (TPSA) is 77.0 Å². The predicted molar refractivity (Wildman–Crippen MR) is 122 cm³/mol. The molecule has 4 aromatic heterocycles. The molecule has 32 heavy (non-hydrogen) atoms. The minimum absolute atomic E-state index is 0.199. The van der Waals surface area contributed by atoms with Gasteiger partial charge in [0.15, 0.2) is 5.65 Å². The molecule has 0 saturated heterocycles. The Balaban J connectivity index is 1.61. The molecule has 1 amide bonds. The fourth-order valence-electron chi connectivity index (χ4n) is 3.80. The third-order valence-corrected chi connectivity index (χ3v) is 5.62. The number of nitrogens with zero attached hydrogens (tertiary/aromatic N) is 6. The lowest BCUT2D eigenvalue weighted by Crippen LogP contribution is -2.37. The molecule has 8 nitrogen and oxygen atoms in total. The molecule has 0 bridgehead atoms. The van der Waals surface area contributed by atoms with E-state index in [9.17, 15) is 4.79 Å². The summed E-state index contributed by atoms with van der Waals surface area (Å²) in [7, 11) is 0. The molecule has 166 valence electrons. The van der Waals surface area contributed by atoms with Gasteiger partial charge in [-0.2, -0.15) is 9.61 Å². The molecule has 0 atom stereocenters. The highest BCUT2D eigenvalue weighted by atomic mass is 35.5. The van der Waals surface area contributed by atoms with Crippen molar-refractivity contribution >= 4 is 34.8 Å². The lowest BCUT2D eigenvalue weighted by Gasteiger charge is -2.27. The average Bonchev–Trinajstić information content (AvgIpc) is 3.31. The largest absolute Gasteiger partial charge is 0.443 e. The molecule has 0 radical (unpaired) electrons. The van der Waals surface area contributed by atoms with Crippen LogP contribution in [0.25, 0.3) is 11.3 Å². The number of anilines is 1. The highest BCUT2D eigenvalue weighted by Crippen LogP contribution is 2.42. The summed E-state index contributed by atoms with van der Waals surface area (Å²) >= 11 is 6.40. The maximum absolute atomic E-state index is 13.3. The van der Waals surface area contributed by atoms with Gasteiger partial charge in [-0.25, -0.2) is 14.8 Å². The van der Waals surface area contributed by atoms with E-state index in [1.165, 1.54) is 4.90 Å². The first-order valence-corrected chi connectivity index (χ1v) is 11.1. The van der Waals surface area contributed by atoms with Crippen molar-refractivity contribution in [2.24, 2.45) is 0 Å². The van der Waals surface area contributed by atoms with Crippen LogP contribution in [0.2, 0.25) is 5.15 Å². The molecule has 1 saturated carbocycles. The summed E-state index contributed by atoms with van der Waals surface area (Å²) in [5.74, 6) is 0.942. The minimum atomic E-state index is -0.663. The Kier molecular flexibility index (Phi) is 4.85. The zero-order chi connectivity index (χ0) is 22.6. The van der Waals surface area contributed by atoms with E-state index in [1.807, 2.05) is 62.7 Å². The molecule has 4 heterocycles. The summed E-state index contributed by atoms with van der Waals surface area (Å²) in [5, 5.41) is 4.84. The molecule has 9 heteroatoms. The van der Waals surface area contributed by atoms with Crippen LogP contribution in [-0.2, 0) is 11.3 Å². The molecule has 0 aromatic carbocycles. The number of hydrogen-bond donors (Lipinski definition) is 0. The molecule has 0 spiro atoms. The molecule has 1 fully saturated rings.